The summed E-state index contributed by atoms with van der Waals surface area (Å²) in [7, 11) is 1.35. The van der Waals surface area contributed by atoms with E-state index in [4.69, 9.17) is 9.84 Å². The fourth-order valence-corrected chi connectivity index (χ4v) is 1.86. The summed E-state index contributed by atoms with van der Waals surface area (Å²) >= 11 is 3.35. The minimum Gasteiger partial charge on any atom is -0.479 e. The number of carboxylic acid groups (broad SMARTS) is 1. The van der Waals surface area contributed by atoms with Crippen LogP contribution in [0.4, 0.5) is 11.5 Å². The maximum atomic E-state index is 11.1. The van der Waals surface area contributed by atoms with Gasteiger partial charge in [-0.1, -0.05) is 22.0 Å². The first-order valence-electron chi connectivity index (χ1n) is 5.28. The van der Waals surface area contributed by atoms with Crippen LogP contribution in [0.3, 0.4) is 0 Å². The number of nitrogens with zero attached hydrogens (tertiary/aromatic N) is 2. The number of ether oxygens (including phenoxy) is 1. The second kappa shape index (κ2) is 5.66. The van der Waals surface area contributed by atoms with Crippen LogP contribution in [0.1, 0.15) is 10.4 Å². The van der Waals surface area contributed by atoms with Crippen LogP contribution >= 0.6 is 15.9 Å². The van der Waals surface area contributed by atoms with Gasteiger partial charge in [-0.15, -0.1) is 10.2 Å². The fourth-order valence-electron chi connectivity index (χ4n) is 1.46. The van der Waals surface area contributed by atoms with E-state index in [1.165, 1.54) is 13.2 Å². The molecule has 0 aliphatic heterocycles. The number of hydrogen-bond acceptors (Lipinski definition) is 5. The lowest BCUT2D eigenvalue weighted by atomic mass is 10.2. The summed E-state index contributed by atoms with van der Waals surface area (Å²) in [6, 6.07) is 8.77. The van der Waals surface area contributed by atoms with Crippen molar-refractivity contribution in [2.24, 2.45) is 0 Å². The third kappa shape index (κ3) is 3.19. The number of rotatable bonds is 4. The number of benzene rings is 1. The Morgan fingerprint density at radius 3 is 2.79 bits per heavy atom. The lowest BCUT2D eigenvalue weighted by molar-refractivity contribution is 0.0692. The van der Waals surface area contributed by atoms with Gasteiger partial charge in [0.1, 0.15) is 5.56 Å². The van der Waals surface area contributed by atoms with E-state index >= 15 is 0 Å². The molecule has 19 heavy (non-hydrogen) atoms. The number of aromatic carboxylic acids is 1. The molecule has 0 amide bonds. The molecule has 0 saturated carbocycles. The van der Waals surface area contributed by atoms with Crippen LogP contribution in [0.15, 0.2) is 34.8 Å². The summed E-state index contributed by atoms with van der Waals surface area (Å²) in [6.45, 7) is 0. The van der Waals surface area contributed by atoms with Crippen molar-refractivity contribution in [3.8, 4) is 5.88 Å². The Hall–Kier alpha value is -2.15. The van der Waals surface area contributed by atoms with Crippen LogP contribution < -0.4 is 10.1 Å². The number of carbonyl (C=O) groups is 1. The van der Waals surface area contributed by atoms with Gasteiger partial charge >= 0.3 is 5.97 Å². The van der Waals surface area contributed by atoms with Crippen molar-refractivity contribution in [1.29, 1.82) is 0 Å². The molecule has 0 bridgehead atoms. The van der Waals surface area contributed by atoms with Crippen molar-refractivity contribution in [2.45, 2.75) is 0 Å². The zero-order valence-corrected chi connectivity index (χ0v) is 11.5. The standard InChI is InChI=1S/C12H10BrN3O3/c1-19-11-9(12(17)18)6-10(15-16-11)14-8-4-2-3-7(13)5-8/h2-6H,1H3,(H,14,15)(H,17,18). The number of hydrogen-bond donors (Lipinski definition) is 2. The Morgan fingerprint density at radius 2 is 2.16 bits per heavy atom. The van der Waals surface area contributed by atoms with Crippen LogP contribution in [0, 0.1) is 0 Å². The SMILES string of the molecule is COc1nnc(Nc2cccc(Br)c2)cc1C(=O)O. The minimum atomic E-state index is -1.12. The predicted molar refractivity (Wildman–Crippen MR) is 73.0 cm³/mol. The van der Waals surface area contributed by atoms with Gasteiger partial charge in [0.15, 0.2) is 5.82 Å². The van der Waals surface area contributed by atoms with Crippen LogP contribution in [-0.4, -0.2) is 28.4 Å². The van der Waals surface area contributed by atoms with Gasteiger partial charge in [-0.25, -0.2) is 4.79 Å². The lowest BCUT2D eigenvalue weighted by Crippen LogP contribution is -2.06. The van der Waals surface area contributed by atoms with Gasteiger partial charge in [0.2, 0.25) is 5.88 Å². The second-order valence-corrected chi connectivity index (χ2v) is 4.51. The highest BCUT2D eigenvalue weighted by atomic mass is 79.9. The first-order valence-corrected chi connectivity index (χ1v) is 6.07. The van der Waals surface area contributed by atoms with E-state index in [0.717, 1.165) is 10.2 Å². The van der Waals surface area contributed by atoms with E-state index in [-0.39, 0.29) is 11.4 Å². The number of halogens is 1. The Morgan fingerprint density at radius 1 is 1.37 bits per heavy atom. The van der Waals surface area contributed by atoms with Crippen molar-refractivity contribution >= 4 is 33.4 Å². The first-order chi connectivity index (χ1) is 9.10. The van der Waals surface area contributed by atoms with Crippen LogP contribution in [0.2, 0.25) is 0 Å². The van der Waals surface area contributed by atoms with E-state index in [2.05, 4.69) is 31.4 Å². The summed E-state index contributed by atoms with van der Waals surface area (Å²) in [6.07, 6.45) is 0. The maximum Gasteiger partial charge on any atom is 0.341 e. The van der Waals surface area contributed by atoms with Crippen molar-refractivity contribution in [3.63, 3.8) is 0 Å². The highest BCUT2D eigenvalue weighted by Gasteiger charge is 2.14. The molecule has 0 aliphatic rings. The molecular weight excluding hydrogens is 314 g/mol. The molecule has 6 nitrogen and oxygen atoms in total. The van der Waals surface area contributed by atoms with Gasteiger partial charge in [0.25, 0.3) is 0 Å². The molecule has 1 heterocycles. The summed E-state index contributed by atoms with van der Waals surface area (Å²) in [4.78, 5) is 11.1. The van der Waals surface area contributed by atoms with Crippen molar-refractivity contribution in [2.75, 3.05) is 12.4 Å². The van der Waals surface area contributed by atoms with Gasteiger partial charge in [-0.2, -0.15) is 0 Å². The maximum absolute atomic E-state index is 11.1. The van der Waals surface area contributed by atoms with E-state index in [9.17, 15) is 4.79 Å². The fraction of sp³-hybridized carbons (Fsp3) is 0.0833. The van der Waals surface area contributed by atoms with Crippen LogP contribution in [-0.2, 0) is 0 Å². The quantitative estimate of drug-likeness (QED) is 0.899. The Kier molecular flexibility index (Phi) is 3.96. The molecule has 2 N–H and O–H groups in total. The third-order valence-electron chi connectivity index (χ3n) is 2.28. The summed E-state index contributed by atoms with van der Waals surface area (Å²) in [5.41, 5.74) is 0.722. The van der Waals surface area contributed by atoms with Gasteiger partial charge in [-0.3, -0.25) is 0 Å². The molecule has 1 aromatic carbocycles. The van der Waals surface area contributed by atoms with Crippen molar-refractivity contribution in [1.82, 2.24) is 10.2 Å². The lowest BCUT2D eigenvalue weighted by Gasteiger charge is -2.08. The molecule has 7 heteroatoms. The number of aromatic nitrogens is 2. The van der Waals surface area contributed by atoms with Gasteiger partial charge in [0, 0.05) is 16.2 Å². The first kappa shape index (κ1) is 13.3. The predicted octanol–water partition coefficient (Wildman–Crippen LogP) is 2.69. The average Bonchev–Trinajstić information content (AvgIpc) is 2.38. The largest absolute Gasteiger partial charge is 0.479 e. The molecule has 2 aromatic rings. The summed E-state index contributed by atoms with van der Waals surface area (Å²) in [5, 5.41) is 19.6. The van der Waals surface area contributed by atoms with E-state index in [1.54, 1.807) is 0 Å². The van der Waals surface area contributed by atoms with E-state index in [1.807, 2.05) is 24.3 Å². The summed E-state index contributed by atoms with van der Waals surface area (Å²) in [5.74, 6) is -0.812. The molecular formula is C12H10BrN3O3. The number of nitrogens with one attached hydrogen (secondary N) is 1. The third-order valence-corrected chi connectivity index (χ3v) is 2.77. The number of methoxy groups -OCH3 is 1. The minimum absolute atomic E-state index is 0.0210. The molecule has 0 aliphatic carbocycles. The van der Waals surface area contributed by atoms with Gasteiger partial charge < -0.3 is 15.2 Å². The Balaban J connectivity index is 2.31. The smallest absolute Gasteiger partial charge is 0.341 e. The second-order valence-electron chi connectivity index (χ2n) is 3.59. The zero-order valence-electron chi connectivity index (χ0n) is 9.92. The molecule has 0 unspecified atom stereocenters. The summed E-state index contributed by atoms with van der Waals surface area (Å²) < 4.78 is 5.74. The van der Waals surface area contributed by atoms with Crippen molar-refractivity contribution in [3.05, 3.63) is 40.4 Å². The molecule has 2 rings (SSSR count). The highest BCUT2D eigenvalue weighted by molar-refractivity contribution is 9.10. The molecule has 0 saturated heterocycles. The molecule has 0 spiro atoms. The number of anilines is 2. The van der Waals surface area contributed by atoms with Crippen molar-refractivity contribution < 1.29 is 14.6 Å². The molecule has 0 fully saturated rings. The average molecular weight is 324 g/mol. The van der Waals surface area contributed by atoms with Gasteiger partial charge in [0.05, 0.1) is 7.11 Å². The molecule has 0 radical (unpaired) electrons. The van der Waals surface area contributed by atoms with E-state index in [0.29, 0.717) is 5.82 Å². The molecule has 0 atom stereocenters. The zero-order chi connectivity index (χ0) is 13.8. The van der Waals surface area contributed by atoms with Crippen LogP contribution in [0.5, 0.6) is 5.88 Å². The molecule has 98 valence electrons. The van der Waals surface area contributed by atoms with E-state index < -0.39 is 5.97 Å². The number of carboxylic acids is 1. The normalized spacial score (nSPS) is 10.0. The van der Waals surface area contributed by atoms with Crippen LogP contribution in [0.25, 0.3) is 0 Å². The topological polar surface area (TPSA) is 84.3 Å². The van der Waals surface area contributed by atoms with Gasteiger partial charge in [-0.05, 0) is 18.2 Å². The highest BCUT2D eigenvalue weighted by Crippen LogP contribution is 2.22. The Bertz CT molecular complexity index is 619. The monoisotopic (exact) mass is 323 g/mol. The Labute approximate surface area is 117 Å². The molecule has 1 aromatic heterocycles.